The molecule has 0 spiro atoms. The Kier molecular flexibility index (Phi) is 3.22. The van der Waals surface area contributed by atoms with Crippen molar-refractivity contribution >= 4 is 11.6 Å². The Bertz CT molecular complexity index is 456. The number of nitrogens with one attached hydrogen (secondary N) is 1. The van der Waals surface area contributed by atoms with E-state index in [1.807, 2.05) is 32.3 Å². The quantitative estimate of drug-likeness (QED) is 0.886. The minimum absolute atomic E-state index is 0.654. The highest BCUT2D eigenvalue weighted by molar-refractivity contribution is 6.31. The number of hydrogen-bond donors (Lipinski definition) is 1. The van der Waals surface area contributed by atoms with Gasteiger partial charge in [-0.3, -0.25) is 0 Å². The Morgan fingerprint density at radius 2 is 2.25 bits per heavy atom. The van der Waals surface area contributed by atoms with E-state index in [2.05, 4.69) is 15.4 Å². The fourth-order valence-corrected chi connectivity index (χ4v) is 1.55. The van der Waals surface area contributed by atoms with Crippen LogP contribution in [0.2, 0.25) is 5.02 Å². The zero-order chi connectivity index (χ0) is 11.5. The van der Waals surface area contributed by atoms with E-state index < -0.39 is 0 Å². The van der Waals surface area contributed by atoms with Crippen molar-refractivity contribution in [3.05, 3.63) is 40.8 Å². The number of pyridine rings is 1. The number of rotatable bonds is 3. The molecule has 0 fully saturated rings. The molecule has 0 saturated heterocycles. The zero-order valence-electron chi connectivity index (χ0n) is 9.24. The minimum atomic E-state index is 0.654. The van der Waals surface area contributed by atoms with Crippen molar-refractivity contribution in [1.82, 2.24) is 20.1 Å². The van der Waals surface area contributed by atoms with Crippen LogP contribution in [0.25, 0.3) is 5.82 Å². The molecule has 0 atom stereocenters. The van der Waals surface area contributed by atoms with Crippen LogP contribution >= 0.6 is 11.6 Å². The number of aryl methyl sites for hydroxylation is 1. The Balaban J connectivity index is 2.27. The third-order valence-electron chi connectivity index (χ3n) is 2.26. The van der Waals surface area contributed by atoms with Crippen molar-refractivity contribution in [1.29, 1.82) is 0 Å². The number of aromatic nitrogens is 3. The first-order chi connectivity index (χ1) is 7.70. The van der Waals surface area contributed by atoms with E-state index in [4.69, 9.17) is 11.6 Å². The normalized spacial score (nSPS) is 10.7. The van der Waals surface area contributed by atoms with Gasteiger partial charge in [0.1, 0.15) is 0 Å². The van der Waals surface area contributed by atoms with Gasteiger partial charge in [0.25, 0.3) is 0 Å². The Labute approximate surface area is 99.3 Å². The molecule has 0 aliphatic rings. The van der Waals surface area contributed by atoms with Crippen molar-refractivity contribution in [3.8, 4) is 5.82 Å². The first-order valence-electron chi connectivity index (χ1n) is 5.02. The van der Waals surface area contributed by atoms with Crippen LogP contribution < -0.4 is 5.32 Å². The predicted octanol–water partition coefficient (Wildman–Crippen LogP) is 1.95. The summed E-state index contributed by atoms with van der Waals surface area (Å²) >= 11 is 5.94. The van der Waals surface area contributed by atoms with Gasteiger partial charge in [-0.25, -0.2) is 9.67 Å². The van der Waals surface area contributed by atoms with Crippen molar-refractivity contribution in [3.63, 3.8) is 0 Å². The van der Waals surface area contributed by atoms with Gasteiger partial charge in [-0.15, -0.1) is 0 Å². The topological polar surface area (TPSA) is 42.7 Å². The Morgan fingerprint density at radius 1 is 1.44 bits per heavy atom. The van der Waals surface area contributed by atoms with Crippen LogP contribution in [0.4, 0.5) is 0 Å². The summed E-state index contributed by atoms with van der Waals surface area (Å²) in [4.78, 5) is 4.32. The fraction of sp³-hybridized carbons (Fsp3) is 0.273. The Hall–Kier alpha value is -1.39. The first kappa shape index (κ1) is 11.1. The molecule has 0 radical (unpaired) electrons. The summed E-state index contributed by atoms with van der Waals surface area (Å²) in [6, 6.07) is 3.94. The van der Waals surface area contributed by atoms with Gasteiger partial charge >= 0.3 is 0 Å². The van der Waals surface area contributed by atoms with Gasteiger partial charge in [-0.1, -0.05) is 17.7 Å². The summed E-state index contributed by atoms with van der Waals surface area (Å²) in [5.41, 5.74) is 1.95. The maximum atomic E-state index is 5.94. The van der Waals surface area contributed by atoms with Crippen molar-refractivity contribution in [2.45, 2.75) is 13.5 Å². The van der Waals surface area contributed by atoms with E-state index in [0.29, 0.717) is 5.02 Å². The largest absolute Gasteiger partial charge is 0.316 e. The van der Waals surface area contributed by atoms with E-state index in [9.17, 15) is 0 Å². The van der Waals surface area contributed by atoms with E-state index in [-0.39, 0.29) is 0 Å². The van der Waals surface area contributed by atoms with Crippen LogP contribution in [-0.4, -0.2) is 21.8 Å². The molecule has 84 valence electrons. The maximum Gasteiger partial charge on any atom is 0.153 e. The average molecular weight is 237 g/mol. The van der Waals surface area contributed by atoms with Crippen molar-refractivity contribution < 1.29 is 0 Å². The Morgan fingerprint density at radius 3 is 2.75 bits per heavy atom. The summed E-state index contributed by atoms with van der Waals surface area (Å²) < 4.78 is 1.68. The van der Waals surface area contributed by atoms with Crippen LogP contribution in [0, 0.1) is 6.92 Å². The molecule has 0 saturated carbocycles. The highest BCUT2D eigenvalue weighted by Crippen LogP contribution is 2.15. The van der Waals surface area contributed by atoms with Gasteiger partial charge in [-0.05, 0) is 25.6 Å². The third-order valence-corrected chi connectivity index (χ3v) is 2.63. The van der Waals surface area contributed by atoms with Gasteiger partial charge in [0.05, 0.1) is 16.9 Å². The number of halogens is 1. The van der Waals surface area contributed by atoms with Gasteiger partial charge in [0.2, 0.25) is 0 Å². The van der Waals surface area contributed by atoms with Crippen molar-refractivity contribution in [2.75, 3.05) is 7.05 Å². The van der Waals surface area contributed by atoms with Crippen LogP contribution in [0.15, 0.2) is 24.5 Å². The summed E-state index contributed by atoms with van der Waals surface area (Å²) in [5.74, 6) is 0.773. The molecule has 2 heterocycles. The molecule has 0 amide bonds. The summed E-state index contributed by atoms with van der Waals surface area (Å²) in [6.45, 7) is 2.68. The molecule has 2 rings (SSSR count). The molecule has 0 aromatic carbocycles. The second kappa shape index (κ2) is 4.63. The highest BCUT2D eigenvalue weighted by Gasteiger charge is 2.04. The summed E-state index contributed by atoms with van der Waals surface area (Å²) in [7, 11) is 1.91. The monoisotopic (exact) mass is 236 g/mol. The lowest BCUT2D eigenvalue weighted by Crippen LogP contribution is -2.06. The molecule has 1 N–H and O–H groups in total. The summed E-state index contributed by atoms with van der Waals surface area (Å²) in [5, 5.41) is 7.99. The first-order valence-corrected chi connectivity index (χ1v) is 5.40. The second-order valence-electron chi connectivity index (χ2n) is 3.56. The molecule has 0 bridgehead atoms. The SMILES string of the molecule is CNCc1ccc(-n2cc(Cl)c(C)n2)nc1. The third kappa shape index (κ3) is 2.23. The molecule has 4 nitrogen and oxygen atoms in total. The van der Waals surface area contributed by atoms with Gasteiger partial charge in [0.15, 0.2) is 5.82 Å². The van der Waals surface area contributed by atoms with E-state index in [1.165, 1.54) is 0 Å². The smallest absolute Gasteiger partial charge is 0.153 e. The van der Waals surface area contributed by atoms with E-state index >= 15 is 0 Å². The lowest BCUT2D eigenvalue weighted by atomic mass is 10.3. The summed E-state index contributed by atoms with van der Waals surface area (Å²) in [6.07, 6.45) is 3.59. The molecule has 5 heteroatoms. The van der Waals surface area contributed by atoms with Crippen LogP contribution in [0.1, 0.15) is 11.3 Å². The molecular formula is C11H13ClN4. The molecule has 16 heavy (non-hydrogen) atoms. The van der Waals surface area contributed by atoms with E-state index in [0.717, 1.165) is 23.6 Å². The van der Waals surface area contributed by atoms with Gasteiger partial charge in [0, 0.05) is 12.7 Å². The maximum absolute atomic E-state index is 5.94. The lowest BCUT2D eigenvalue weighted by Gasteiger charge is -2.02. The molecule has 0 aliphatic carbocycles. The van der Waals surface area contributed by atoms with Crippen LogP contribution in [0.3, 0.4) is 0 Å². The lowest BCUT2D eigenvalue weighted by molar-refractivity contribution is 0.798. The van der Waals surface area contributed by atoms with E-state index in [1.54, 1.807) is 10.9 Å². The zero-order valence-corrected chi connectivity index (χ0v) is 9.99. The predicted molar refractivity (Wildman–Crippen MR) is 63.9 cm³/mol. The molecular weight excluding hydrogens is 224 g/mol. The van der Waals surface area contributed by atoms with Gasteiger partial charge in [-0.2, -0.15) is 5.10 Å². The van der Waals surface area contributed by atoms with Crippen molar-refractivity contribution in [2.24, 2.45) is 0 Å². The average Bonchev–Trinajstić information content (AvgIpc) is 2.61. The highest BCUT2D eigenvalue weighted by atomic mass is 35.5. The minimum Gasteiger partial charge on any atom is -0.316 e. The van der Waals surface area contributed by atoms with Crippen LogP contribution in [0.5, 0.6) is 0 Å². The van der Waals surface area contributed by atoms with Crippen LogP contribution in [-0.2, 0) is 6.54 Å². The standard InChI is InChI=1S/C11H13ClN4/c1-8-10(12)7-16(15-8)11-4-3-9(5-13-2)6-14-11/h3-4,6-7,13H,5H2,1-2H3. The number of nitrogens with zero attached hydrogens (tertiary/aromatic N) is 3. The second-order valence-corrected chi connectivity index (χ2v) is 3.97. The molecule has 0 unspecified atom stereocenters. The number of hydrogen-bond acceptors (Lipinski definition) is 3. The fourth-order valence-electron chi connectivity index (χ4n) is 1.42. The molecule has 2 aromatic heterocycles. The molecule has 0 aliphatic heterocycles. The molecule has 2 aromatic rings. The van der Waals surface area contributed by atoms with Gasteiger partial charge < -0.3 is 5.32 Å².